The van der Waals surface area contributed by atoms with E-state index in [-0.39, 0.29) is 23.7 Å². The molecule has 0 spiro atoms. The van der Waals surface area contributed by atoms with Crippen LogP contribution in [0.5, 0.6) is 0 Å². The van der Waals surface area contributed by atoms with Crippen LogP contribution in [0.1, 0.15) is 38.5 Å². The van der Waals surface area contributed by atoms with Gasteiger partial charge >= 0.3 is 0 Å². The summed E-state index contributed by atoms with van der Waals surface area (Å²) in [5.74, 6) is -0.571. The number of aromatic amines is 1. The van der Waals surface area contributed by atoms with Gasteiger partial charge in [0.15, 0.2) is 0 Å². The number of nitrogens with zero attached hydrogens (tertiary/aromatic N) is 4. The number of tetrazole rings is 1. The van der Waals surface area contributed by atoms with Crippen molar-refractivity contribution in [1.29, 1.82) is 0 Å². The van der Waals surface area contributed by atoms with Gasteiger partial charge in [-0.1, -0.05) is 107 Å². The highest BCUT2D eigenvalue weighted by Crippen LogP contribution is 2.28. The van der Waals surface area contributed by atoms with Gasteiger partial charge in [-0.25, -0.2) is 0 Å². The standard InChI is InChI=1S/C32H26Cl2N6O2/c33-28-12-7-13-29(34)26(28)18-19-30(41)40(21-27(23-8-3-1-4-9-23)24-10-5-2-6-11-24)20-22-14-16-25(17-15-22)31(42)35-32-36-38-39-37-32/h1-19,27H,20-21H2,(H2,35,36,37,38,39,42)/b19-18+. The van der Waals surface area contributed by atoms with Crippen LogP contribution in [0.3, 0.4) is 0 Å². The van der Waals surface area contributed by atoms with Gasteiger partial charge in [-0.3, -0.25) is 14.9 Å². The summed E-state index contributed by atoms with van der Waals surface area (Å²) in [5.41, 5.74) is 4.03. The lowest BCUT2D eigenvalue weighted by Crippen LogP contribution is -2.33. The maximum absolute atomic E-state index is 13.8. The van der Waals surface area contributed by atoms with E-state index in [2.05, 4.69) is 50.2 Å². The lowest BCUT2D eigenvalue weighted by Gasteiger charge is -2.28. The number of carbonyl (C=O) groups excluding carboxylic acids is 2. The Kier molecular flexibility index (Phi) is 9.38. The summed E-state index contributed by atoms with van der Waals surface area (Å²) >= 11 is 12.7. The Morgan fingerprint density at radius 3 is 2.02 bits per heavy atom. The topological polar surface area (TPSA) is 104 Å². The molecule has 1 aromatic heterocycles. The number of halogens is 2. The third-order valence-electron chi connectivity index (χ3n) is 6.67. The largest absolute Gasteiger partial charge is 0.334 e. The number of carbonyl (C=O) groups is 2. The van der Waals surface area contributed by atoms with Crippen molar-refractivity contribution in [2.75, 3.05) is 11.9 Å². The predicted molar refractivity (Wildman–Crippen MR) is 164 cm³/mol. The highest BCUT2D eigenvalue weighted by atomic mass is 35.5. The van der Waals surface area contributed by atoms with Crippen molar-refractivity contribution in [3.8, 4) is 0 Å². The molecule has 2 N–H and O–H groups in total. The average molecular weight is 598 g/mol. The molecular weight excluding hydrogens is 571 g/mol. The molecule has 10 heteroatoms. The minimum absolute atomic E-state index is 0.0753. The van der Waals surface area contributed by atoms with Crippen LogP contribution in [0.2, 0.25) is 10.0 Å². The molecule has 1 heterocycles. The summed E-state index contributed by atoms with van der Waals surface area (Å²) in [6, 6.07) is 32.4. The maximum atomic E-state index is 13.8. The first kappa shape index (κ1) is 28.7. The van der Waals surface area contributed by atoms with Crippen LogP contribution in [-0.4, -0.2) is 43.9 Å². The Morgan fingerprint density at radius 2 is 1.45 bits per heavy atom. The smallest absolute Gasteiger partial charge is 0.270 e. The molecule has 5 rings (SSSR count). The van der Waals surface area contributed by atoms with Gasteiger partial charge in [0.25, 0.3) is 11.9 Å². The summed E-state index contributed by atoms with van der Waals surface area (Å²) < 4.78 is 0. The van der Waals surface area contributed by atoms with Gasteiger partial charge in [0, 0.05) is 46.3 Å². The molecule has 0 unspecified atom stereocenters. The van der Waals surface area contributed by atoms with Crippen molar-refractivity contribution in [3.05, 3.63) is 147 Å². The molecule has 0 saturated heterocycles. The van der Waals surface area contributed by atoms with Gasteiger partial charge in [-0.15, -0.1) is 5.10 Å². The second kappa shape index (κ2) is 13.7. The minimum atomic E-state index is -0.372. The van der Waals surface area contributed by atoms with Crippen LogP contribution in [0, 0.1) is 0 Å². The zero-order valence-electron chi connectivity index (χ0n) is 22.3. The lowest BCUT2D eigenvalue weighted by atomic mass is 9.90. The zero-order chi connectivity index (χ0) is 29.3. The lowest BCUT2D eigenvalue weighted by molar-refractivity contribution is -0.126. The molecule has 4 aromatic carbocycles. The first-order chi connectivity index (χ1) is 20.5. The molecule has 0 fully saturated rings. The number of aromatic nitrogens is 4. The second-order valence-electron chi connectivity index (χ2n) is 9.45. The fourth-order valence-electron chi connectivity index (χ4n) is 4.53. The van der Waals surface area contributed by atoms with Crippen LogP contribution < -0.4 is 5.32 Å². The number of hydrogen-bond acceptors (Lipinski definition) is 5. The molecular formula is C32H26Cl2N6O2. The van der Waals surface area contributed by atoms with Crippen molar-refractivity contribution in [2.24, 2.45) is 0 Å². The van der Waals surface area contributed by atoms with Crippen LogP contribution in [-0.2, 0) is 11.3 Å². The third kappa shape index (κ3) is 7.28. The third-order valence-corrected chi connectivity index (χ3v) is 7.33. The molecule has 0 saturated carbocycles. The number of H-pyrrole nitrogens is 1. The first-order valence-electron chi connectivity index (χ1n) is 13.1. The SMILES string of the molecule is O=C(Nc1nn[nH]n1)c1ccc(CN(CC(c2ccccc2)c2ccccc2)C(=O)/C=C/c2c(Cl)cccc2Cl)cc1. The van der Waals surface area contributed by atoms with E-state index in [0.29, 0.717) is 34.3 Å². The Morgan fingerprint density at radius 1 is 0.833 bits per heavy atom. The highest BCUT2D eigenvalue weighted by Gasteiger charge is 2.22. The van der Waals surface area contributed by atoms with E-state index in [1.165, 1.54) is 6.08 Å². The van der Waals surface area contributed by atoms with Crippen LogP contribution in [0.15, 0.2) is 109 Å². The van der Waals surface area contributed by atoms with Crippen LogP contribution >= 0.6 is 23.2 Å². The van der Waals surface area contributed by atoms with E-state index in [4.69, 9.17) is 23.2 Å². The molecule has 210 valence electrons. The Bertz CT molecular complexity index is 1600. The van der Waals surface area contributed by atoms with Gasteiger partial charge in [0.05, 0.1) is 0 Å². The highest BCUT2D eigenvalue weighted by molar-refractivity contribution is 6.37. The van der Waals surface area contributed by atoms with E-state index in [1.807, 2.05) is 48.5 Å². The van der Waals surface area contributed by atoms with E-state index in [0.717, 1.165) is 16.7 Å². The molecule has 0 radical (unpaired) electrons. The normalized spacial score (nSPS) is 11.1. The number of anilines is 1. The second-order valence-corrected chi connectivity index (χ2v) is 10.3. The fourth-order valence-corrected chi connectivity index (χ4v) is 5.05. The zero-order valence-corrected chi connectivity index (χ0v) is 23.8. The molecule has 0 aliphatic carbocycles. The summed E-state index contributed by atoms with van der Waals surface area (Å²) in [7, 11) is 0. The summed E-state index contributed by atoms with van der Waals surface area (Å²) in [5, 5.41) is 16.7. The van der Waals surface area contributed by atoms with E-state index >= 15 is 0 Å². The number of nitrogens with one attached hydrogen (secondary N) is 2. The Labute approximate surface area is 253 Å². The van der Waals surface area contributed by atoms with Crippen LogP contribution in [0.25, 0.3) is 6.08 Å². The molecule has 2 amide bonds. The average Bonchev–Trinajstić information content (AvgIpc) is 3.53. The molecule has 0 aliphatic heterocycles. The Balaban J connectivity index is 1.43. The molecule has 0 bridgehead atoms. The van der Waals surface area contributed by atoms with Crippen molar-refractivity contribution >= 4 is 47.0 Å². The number of benzene rings is 4. The van der Waals surface area contributed by atoms with Crippen molar-refractivity contribution in [2.45, 2.75) is 12.5 Å². The van der Waals surface area contributed by atoms with Gasteiger partial charge in [-0.2, -0.15) is 5.21 Å². The van der Waals surface area contributed by atoms with Crippen LogP contribution in [0.4, 0.5) is 5.95 Å². The van der Waals surface area contributed by atoms with E-state index < -0.39 is 0 Å². The fraction of sp³-hybridized carbons (Fsp3) is 0.0938. The summed E-state index contributed by atoms with van der Waals surface area (Å²) in [6.45, 7) is 0.718. The number of rotatable bonds is 10. The van der Waals surface area contributed by atoms with Crippen molar-refractivity contribution < 1.29 is 9.59 Å². The maximum Gasteiger partial charge on any atom is 0.270 e. The molecule has 0 aliphatic rings. The minimum Gasteiger partial charge on any atom is -0.334 e. The van der Waals surface area contributed by atoms with Crippen molar-refractivity contribution in [1.82, 2.24) is 25.5 Å². The van der Waals surface area contributed by atoms with Crippen molar-refractivity contribution in [3.63, 3.8) is 0 Å². The van der Waals surface area contributed by atoms with Gasteiger partial charge < -0.3 is 4.90 Å². The molecule has 5 aromatic rings. The molecule has 42 heavy (non-hydrogen) atoms. The summed E-state index contributed by atoms with van der Waals surface area (Å²) in [4.78, 5) is 28.1. The van der Waals surface area contributed by atoms with Gasteiger partial charge in [0.1, 0.15) is 0 Å². The van der Waals surface area contributed by atoms with E-state index in [9.17, 15) is 9.59 Å². The van der Waals surface area contributed by atoms with E-state index in [1.54, 1.807) is 41.3 Å². The number of hydrogen-bond donors (Lipinski definition) is 2. The Hall–Kier alpha value is -4.79. The first-order valence-corrected chi connectivity index (χ1v) is 13.9. The quantitative estimate of drug-likeness (QED) is 0.176. The van der Waals surface area contributed by atoms with Gasteiger partial charge in [-0.05, 0) is 52.2 Å². The molecule has 8 nitrogen and oxygen atoms in total. The molecule has 0 atom stereocenters. The van der Waals surface area contributed by atoms with Gasteiger partial charge in [0.2, 0.25) is 5.91 Å². The number of amides is 2. The predicted octanol–water partition coefficient (Wildman–Crippen LogP) is 6.63. The monoisotopic (exact) mass is 596 g/mol. The summed E-state index contributed by atoms with van der Waals surface area (Å²) in [6.07, 6.45) is 3.14.